The van der Waals surface area contributed by atoms with Crippen LogP contribution in [-0.4, -0.2) is 72.7 Å². The van der Waals surface area contributed by atoms with E-state index in [0.29, 0.717) is 32.8 Å². The van der Waals surface area contributed by atoms with E-state index in [1.807, 2.05) is 13.8 Å². The highest BCUT2D eigenvalue weighted by Crippen LogP contribution is 2.17. The van der Waals surface area contributed by atoms with Crippen LogP contribution in [0.15, 0.2) is 0 Å². The minimum Gasteiger partial charge on any atom is -0.450 e. The average molecular weight is 342 g/mol. The van der Waals surface area contributed by atoms with Crippen molar-refractivity contribution in [3.63, 3.8) is 0 Å². The molecule has 0 bridgehead atoms. The fourth-order valence-corrected chi connectivity index (χ4v) is 2.78. The van der Waals surface area contributed by atoms with Crippen LogP contribution < -0.4 is 10.6 Å². The first-order valence-corrected chi connectivity index (χ1v) is 8.58. The first-order valence-electron chi connectivity index (χ1n) is 8.58. The van der Waals surface area contributed by atoms with Crippen molar-refractivity contribution in [1.82, 2.24) is 20.4 Å². The van der Waals surface area contributed by atoms with Crippen molar-refractivity contribution in [2.45, 2.75) is 52.6 Å². The second kappa shape index (κ2) is 10.00. The summed E-state index contributed by atoms with van der Waals surface area (Å²) in [5.74, 6) is -0.0179. The molecule has 1 fully saturated rings. The molecule has 0 radical (unpaired) electrons. The lowest BCUT2D eigenvalue weighted by molar-refractivity contribution is -0.131. The summed E-state index contributed by atoms with van der Waals surface area (Å²) in [6.45, 7) is 9.47. The van der Waals surface area contributed by atoms with E-state index in [1.54, 1.807) is 16.7 Å². The summed E-state index contributed by atoms with van der Waals surface area (Å²) in [4.78, 5) is 38.6. The number of carbonyl (C=O) groups is 3. The van der Waals surface area contributed by atoms with Crippen molar-refractivity contribution < 1.29 is 19.1 Å². The van der Waals surface area contributed by atoms with Crippen molar-refractivity contribution in [3.8, 4) is 0 Å². The highest BCUT2D eigenvalue weighted by atomic mass is 16.6. The van der Waals surface area contributed by atoms with Gasteiger partial charge >= 0.3 is 12.1 Å². The molecule has 0 unspecified atom stereocenters. The summed E-state index contributed by atoms with van der Waals surface area (Å²) in [5, 5.41) is 5.50. The molecule has 8 nitrogen and oxygen atoms in total. The Kier molecular flexibility index (Phi) is 8.35. The lowest BCUT2D eigenvalue weighted by atomic mass is 10.0. The molecule has 0 aromatic heterocycles. The van der Waals surface area contributed by atoms with Gasteiger partial charge in [-0.3, -0.25) is 4.79 Å². The normalized spacial score (nSPS) is 15.1. The molecule has 24 heavy (non-hydrogen) atoms. The van der Waals surface area contributed by atoms with Gasteiger partial charge in [0.25, 0.3) is 0 Å². The zero-order valence-electron chi connectivity index (χ0n) is 15.1. The number of hydrogen-bond donors (Lipinski definition) is 2. The van der Waals surface area contributed by atoms with Crippen LogP contribution in [0.4, 0.5) is 9.59 Å². The van der Waals surface area contributed by atoms with Gasteiger partial charge in [-0.1, -0.05) is 0 Å². The highest BCUT2D eigenvalue weighted by molar-refractivity contribution is 5.75. The Morgan fingerprint density at radius 3 is 2.38 bits per heavy atom. The van der Waals surface area contributed by atoms with E-state index in [9.17, 15) is 14.4 Å². The molecule has 0 aromatic rings. The SMILES string of the molecule is CCOC(=O)N1CCC(N(CCNC(=O)NC(C)C)C(C)=O)CC1. The molecule has 8 heteroatoms. The highest BCUT2D eigenvalue weighted by Gasteiger charge is 2.28. The third-order valence-electron chi connectivity index (χ3n) is 3.89. The minimum absolute atomic E-state index is 0.0179. The van der Waals surface area contributed by atoms with Crippen LogP contribution in [0.1, 0.15) is 40.5 Å². The molecule has 1 rings (SSSR count). The lowest BCUT2D eigenvalue weighted by Gasteiger charge is -2.37. The number of piperidine rings is 1. The molecule has 1 heterocycles. The van der Waals surface area contributed by atoms with E-state index in [2.05, 4.69) is 10.6 Å². The standard InChI is InChI=1S/C16H30N4O4/c1-5-24-16(23)19-9-6-14(7-10-19)20(13(4)21)11-8-17-15(22)18-12(2)3/h12,14H,5-11H2,1-4H3,(H2,17,18,22). The summed E-state index contributed by atoms with van der Waals surface area (Å²) < 4.78 is 5.00. The Morgan fingerprint density at radius 1 is 1.25 bits per heavy atom. The monoisotopic (exact) mass is 342 g/mol. The fourth-order valence-electron chi connectivity index (χ4n) is 2.78. The molecule has 138 valence electrons. The third-order valence-corrected chi connectivity index (χ3v) is 3.89. The molecule has 0 aliphatic carbocycles. The molecular formula is C16H30N4O4. The third kappa shape index (κ3) is 6.64. The molecule has 0 atom stereocenters. The fraction of sp³-hybridized carbons (Fsp3) is 0.812. The molecule has 4 amide bonds. The maximum atomic E-state index is 11.9. The molecule has 0 saturated carbocycles. The van der Waals surface area contributed by atoms with Gasteiger partial charge in [0.05, 0.1) is 6.61 Å². The number of likely N-dealkylation sites (tertiary alicyclic amines) is 1. The second-order valence-corrected chi connectivity index (χ2v) is 6.18. The number of rotatable bonds is 6. The summed E-state index contributed by atoms with van der Waals surface area (Å²) in [6, 6.07) is -0.0742. The Hall–Kier alpha value is -1.99. The zero-order valence-corrected chi connectivity index (χ0v) is 15.1. The Labute approximate surface area is 143 Å². The topological polar surface area (TPSA) is 91.0 Å². The Morgan fingerprint density at radius 2 is 1.88 bits per heavy atom. The molecule has 0 aromatic carbocycles. The van der Waals surface area contributed by atoms with Crippen molar-refractivity contribution in [3.05, 3.63) is 0 Å². The van der Waals surface area contributed by atoms with Gasteiger partial charge in [0.15, 0.2) is 0 Å². The number of carbonyl (C=O) groups excluding carboxylic acids is 3. The van der Waals surface area contributed by atoms with Crippen LogP contribution in [0.5, 0.6) is 0 Å². The molecule has 1 aliphatic heterocycles. The van der Waals surface area contributed by atoms with E-state index in [-0.39, 0.29) is 30.1 Å². The van der Waals surface area contributed by atoms with Crippen LogP contribution in [-0.2, 0) is 9.53 Å². The summed E-state index contributed by atoms with van der Waals surface area (Å²) in [5.41, 5.74) is 0. The van der Waals surface area contributed by atoms with Gasteiger partial charge in [-0.15, -0.1) is 0 Å². The number of amides is 4. The van der Waals surface area contributed by atoms with Crippen molar-refractivity contribution in [2.75, 3.05) is 32.8 Å². The summed E-state index contributed by atoms with van der Waals surface area (Å²) >= 11 is 0. The summed E-state index contributed by atoms with van der Waals surface area (Å²) in [7, 11) is 0. The van der Waals surface area contributed by atoms with E-state index < -0.39 is 0 Å². The quantitative estimate of drug-likeness (QED) is 0.758. The van der Waals surface area contributed by atoms with Gasteiger partial charge in [0, 0.05) is 45.2 Å². The number of urea groups is 1. The molecule has 2 N–H and O–H groups in total. The second-order valence-electron chi connectivity index (χ2n) is 6.18. The van der Waals surface area contributed by atoms with Crippen LogP contribution in [0, 0.1) is 0 Å². The van der Waals surface area contributed by atoms with Gasteiger partial charge in [0.2, 0.25) is 5.91 Å². The first kappa shape index (κ1) is 20.1. The van der Waals surface area contributed by atoms with Gasteiger partial charge in [0.1, 0.15) is 0 Å². The van der Waals surface area contributed by atoms with Crippen LogP contribution in [0.3, 0.4) is 0 Å². The minimum atomic E-state index is -0.294. The van der Waals surface area contributed by atoms with Crippen molar-refractivity contribution >= 4 is 18.0 Å². The number of ether oxygens (including phenoxy) is 1. The first-order chi connectivity index (χ1) is 11.3. The number of hydrogen-bond acceptors (Lipinski definition) is 4. The smallest absolute Gasteiger partial charge is 0.409 e. The average Bonchev–Trinajstić information content (AvgIpc) is 2.51. The van der Waals surface area contributed by atoms with Gasteiger partial charge in [-0.05, 0) is 33.6 Å². The number of nitrogens with one attached hydrogen (secondary N) is 2. The van der Waals surface area contributed by atoms with Crippen molar-refractivity contribution in [1.29, 1.82) is 0 Å². The molecule has 0 spiro atoms. The van der Waals surface area contributed by atoms with E-state index in [4.69, 9.17) is 4.74 Å². The maximum Gasteiger partial charge on any atom is 0.409 e. The number of nitrogens with zero attached hydrogens (tertiary/aromatic N) is 2. The van der Waals surface area contributed by atoms with Gasteiger partial charge in [-0.25, -0.2) is 9.59 Å². The van der Waals surface area contributed by atoms with Crippen LogP contribution >= 0.6 is 0 Å². The predicted octanol–water partition coefficient (Wildman–Crippen LogP) is 1.16. The van der Waals surface area contributed by atoms with E-state index in [1.165, 1.54) is 6.92 Å². The van der Waals surface area contributed by atoms with Crippen molar-refractivity contribution in [2.24, 2.45) is 0 Å². The van der Waals surface area contributed by atoms with E-state index in [0.717, 1.165) is 12.8 Å². The van der Waals surface area contributed by atoms with E-state index >= 15 is 0 Å². The molecule has 1 aliphatic rings. The maximum absolute atomic E-state index is 11.9. The zero-order chi connectivity index (χ0) is 18.1. The largest absolute Gasteiger partial charge is 0.450 e. The Bertz CT molecular complexity index is 434. The predicted molar refractivity (Wildman–Crippen MR) is 90.7 cm³/mol. The molecular weight excluding hydrogens is 312 g/mol. The van der Waals surface area contributed by atoms with Gasteiger partial charge < -0.3 is 25.2 Å². The van der Waals surface area contributed by atoms with Gasteiger partial charge in [-0.2, -0.15) is 0 Å². The Balaban J connectivity index is 2.42. The van der Waals surface area contributed by atoms with Crippen LogP contribution in [0.25, 0.3) is 0 Å². The lowest BCUT2D eigenvalue weighted by Crippen LogP contribution is -2.51. The molecule has 1 saturated heterocycles. The van der Waals surface area contributed by atoms with Crippen LogP contribution in [0.2, 0.25) is 0 Å². The summed E-state index contributed by atoms with van der Waals surface area (Å²) in [6.07, 6.45) is 1.14.